The zero-order valence-corrected chi connectivity index (χ0v) is 14.0. The van der Waals surface area contributed by atoms with Crippen molar-refractivity contribution in [1.29, 1.82) is 0 Å². The maximum Gasteiger partial charge on any atom is 0.250 e. The summed E-state index contributed by atoms with van der Waals surface area (Å²) in [6.07, 6.45) is 0.331. The molecule has 4 heteroatoms. The highest BCUT2D eigenvalue weighted by Crippen LogP contribution is 2.25. The molecule has 0 N–H and O–H groups in total. The number of hydroxylamine groups is 2. The second-order valence-corrected chi connectivity index (χ2v) is 5.82. The smallest absolute Gasteiger partial charge is 0.250 e. The van der Waals surface area contributed by atoms with Crippen molar-refractivity contribution in [3.8, 4) is 11.1 Å². The Bertz CT molecular complexity index is 655. The van der Waals surface area contributed by atoms with Crippen LogP contribution in [0.25, 0.3) is 11.1 Å². The molecule has 0 spiro atoms. The van der Waals surface area contributed by atoms with Crippen LogP contribution in [0.15, 0.2) is 46.9 Å². The summed E-state index contributed by atoms with van der Waals surface area (Å²) in [6.45, 7) is 2.01. The van der Waals surface area contributed by atoms with E-state index < -0.39 is 0 Å². The van der Waals surface area contributed by atoms with Gasteiger partial charge in [0, 0.05) is 11.5 Å². The summed E-state index contributed by atoms with van der Waals surface area (Å²) in [4.78, 5) is 16.9. The van der Waals surface area contributed by atoms with E-state index in [-0.39, 0.29) is 5.91 Å². The van der Waals surface area contributed by atoms with Gasteiger partial charge in [0.15, 0.2) is 0 Å². The summed E-state index contributed by atoms with van der Waals surface area (Å²) in [5.74, 6) is -0.0630. The molecule has 0 unspecified atom stereocenters. The van der Waals surface area contributed by atoms with E-state index in [9.17, 15) is 4.79 Å². The molecule has 3 nitrogen and oxygen atoms in total. The predicted molar refractivity (Wildman–Crippen MR) is 87.8 cm³/mol. The summed E-state index contributed by atoms with van der Waals surface area (Å²) in [5, 5.41) is 1.26. The van der Waals surface area contributed by atoms with Gasteiger partial charge in [-0.2, -0.15) is 0 Å². The number of carbonyl (C=O) groups is 1. The fourth-order valence-electron chi connectivity index (χ4n) is 2.09. The molecule has 0 aliphatic carbocycles. The van der Waals surface area contributed by atoms with Crippen molar-refractivity contribution in [2.24, 2.45) is 0 Å². The van der Waals surface area contributed by atoms with Crippen LogP contribution in [0, 0.1) is 6.92 Å². The Morgan fingerprint density at radius 1 is 1.19 bits per heavy atom. The van der Waals surface area contributed by atoms with Crippen molar-refractivity contribution in [3.05, 3.63) is 58.1 Å². The van der Waals surface area contributed by atoms with Gasteiger partial charge in [0.05, 0.1) is 13.5 Å². The van der Waals surface area contributed by atoms with Crippen LogP contribution < -0.4 is 0 Å². The first-order valence-corrected chi connectivity index (χ1v) is 7.46. The molecule has 0 saturated heterocycles. The Morgan fingerprint density at radius 2 is 1.90 bits per heavy atom. The summed E-state index contributed by atoms with van der Waals surface area (Å²) in [5.41, 5.74) is 4.34. The van der Waals surface area contributed by atoms with Gasteiger partial charge in [0.25, 0.3) is 0 Å². The minimum Gasteiger partial charge on any atom is -0.275 e. The topological polar surface area (TPSA) is 29.5 Å². The highest BCUT2D eigenvalue weighted by molar-refractivity contribution is 9.10. The molecule has 0 bridgehead atoms. The van der Waals surface area contributed by atoms with Gasteiger partial charge >= 0.3 is 0 Å². The molecule has 2 aromatic carbocycles. The number of nitrogens with zero attached hydrogens (tertiary/aromatic N) is 1. The largest absolute Gasteiger partial charge is 0.275 e. The molecule has 0 radical (unpaired) electrons. The van der Waals surface area contributed by atoms with Gasteiger partial charge < -0.3 is 0 Å². The number of halogens is 1. The van der Waals surface area contributed by atoms with Crippen molar-refractivity contribution in [3.63, 3.8) is 0 Å². The lowest BCUT2D eigenvalue weighted by atomic mass is 9.98. The lowest BCUT2D eigenvalue weighted by molar-refractivity contribution is -0.167. The fraction of sp³-hybridized carbons (Fsp3) is 0.235. The van der Waals surface area contributed by atoms with E-state index in [0.717, 1.165) is 26.7 Å². The van der Waals surface area contributed by atoms with Gasteiger partial charge in [-0.25, -0.2) is 5.06 Å². The molecule has 2 rings (SSSR count). The normalized spacial score (nSPS) is 10.5. The zero-order chi connectivity index (χ0) is 15.4. The van der Waals surface area contributed by atoms with E-state index in [0.29, 0.717) is 6.42 Å². The molecule has 2 aromatic rings. The van der Waals surface area contributed by atoms with Crippen LogP contribution in [0.3, 0.4) is 0 Å². The molecular formula is C17H18BrNO2. The SMILES string of the molecule is CON(C)C(=O)Cc1cc(-c2cccc(Br)c2)ccc1C. The summed E-state index contributed by atoms with van der Waals surface area (Å²) >= 11 is 3.48. The van der Waals surface area contributed by atoms with Crippen LogP contribution in [-0.2, 0) is 16.1 Å². The average molecular weight is 348 g/mol. The first-order valence-electron chi connectivity index (χ1n) is 6.67. The zero-order valence-electron chi connectivity index (χ0n) is 12.4. The standard InChI is InChI=1S/C17H18BrNO2/c1-12-7-8-14(13-5-4-6-16(18)10-13)9-15(12)11-17(20)19(2)21-3/h4-10H,11H2,1-3H3. The lowest BCUT2D eigenvalue weighted by Gasteiger charge is -2.15. The third kappa shape index (κ3) is 3.93. The molecule has 0 heterocycles. The summed E-state index contributed by atoms with van der Waals surface area (Å²) in [6, 6.07) is 14.3. The maximum absolute atomic E-state index is 12.0. The Morgan fingerprint density at radius 3 is 2.57 bits per heavy atom. The van der Waals surface area contributed by atoms with E-state index in [1.165, 1.54) is 12.2 Å². The van der Waals surface area contributed by atoms with Crippen LogP contribution in [0.5, 0.6) is 0 Å². The number of likely N-dealkylation sites (N-methyl/N-ethyl adjacent to an activating group) is 1. The van der Waals surface area contributed by atoms with E-state index >= 15 is 0 Å². The van der Waals surface area contributed by atoms with Gasteiger partial charge in [-0.1, -0.05) is 46.3 Å². The van der Waals surface area contributed by atoms with E-state index in [1.54, 1.807) is 7.05 Å². The number of hydrogen-bond donors (Lipinski definition) is 0. The summed E-state index contributed by atoms with van der Waals surface area (Å²) in [7, 11) is 3.11. The molecule has 1 amide bonds. The molecule has 21 heavy (non-hydrogen) atoms. The van der Waals surface area contributed by atoms with E-state index in [4.69, 9.17) is 4.84 Å². The number of amides is 1. The Hall–Kier alpha value is -1.65. The van der Waals surface area contributed by atoms with Crippen molar-refractivity contribution < 1.29 is 9.63 Å². The summed E-state index contributed by atoms with van der Waals surface area (Å²) < 4.78 is 1.04. The highest BCUT2D eigenvalue weighted by atomic mass is 79.9. The minimum absolute atomic E-state index is 0.0630. The Balaban J connectivity index is 2.31. The Labute approximate surface area is 133 Å². The lowest BCUT2D eigenvalue weighted by Crippen LogP contribution is -2.27. The number of aryl methyl sites for hydroxylation is 1. The second-order valence-electron chi connectivity index (χ2n) is 4.90. The average Bonchev–Trinajstić information content (AvgIpc) is 2.48. The molecule has 0 aliphatic rings. The van der Waals surface area contributed by atoms with E-state index in [2.05, 4.69) is 40.2 Å². The quantitative estimate of drug-likeness (QED) is 0.782. The number of hydrogen-bond acceptors (Lipinski definition) is 2. The van der Waals surface area contributed by atoms with Crippen molar-refractivity contribution in [2.75, 3.05) is 14.2 Å². The molecule has 0 aromatic heterocycles. The van der Waals surface area contributed by atoms with Gasteiger partial charge in [-0.15, -0.1) is 0 Å². The third-order valence-corrected chi connectivity index (χ3v) is 3.97. The number of benzene rings is 2. The minimum atomic E-state index is -0.0630. The second kappa shape index (κ2) is 6.87. The van der Waals surface area contributed by atoms with Crippen LogP contribution in [0.4, 0.5) is 0 Å². The van der Waals surface area contributed by atoms with Crippen molar-refractivity contribution in [2.45, 2.75) is 13.3 Å². The van der Waals surface area contributed by atoms with Crippen LogP contribution >= 0.6 is 15.9 Å². The third-order valence-electron chi connectivity index (χ3n) is 3.47. The first-order chi connectivity index (χ1) is 10.0. The molecule has 0 fully saturated rings. The van der Waals surface area contributed by atoms with Gasteiger partial charge in [0.1, 0.15) is 0 Å². The molecule has 0 aliphatic heterocycles. The highest BCUT2D eigenvalue weighted by Gasteiger charge is 2.11. The fourth-order valence-corrected chi connectivity index (χ4v) is 2.48. The van der Waals surface area contributed by atoms with Gasteiger partial charge in [-0.05, 0) is 41.3 Å². The molecule has 110 valence electrons. The van der Waals surface area contributed by atoms with Crippen LogP contribution in [-0.4, -0.2) is 25.1 Å². The maximum atomic E-state index is 12.0. The van der Waals surface area contributed by atoms with Crippen molar-refractivity contribution in [1.82, 2.24) is 5.06 Å². The monoisotopic (exact) mass is 347 g/mol. The van der Waals surface area contributed by atoms with E-state index in [1.807, 2.05) is 25.1 Å². The number of carbonyl (C=O) groups excluding carboxylic acids is 1. The predicted octanol–water partition coefficient (Wildman–Crippen LogP) is 3.99. The van der Waals surface area contributed by atoms with Crippen molar-refractivity contribution >= 4 is 21.8 Å². The van der Waals surface area contributed by atoms with Gasteiger partial charge in [0.2, 0.25) is 5.91 Å². The van der Waals surface area contributed by atoms with Gasteiger partial charge in [-0.3, -0.25) is 9.63 Å². The molecule has 0 atom stereocenters. The molecule has 0 saturated carbocycles. The number of rotatable bonds is 4. The Kier molecular flexibility index (Phi) is 5.15. The van der Waals surface area contributed by atoms with Crippen LogP contribution in [0.1, 0.15) is 11.1 Å². The first kappa shape index (κ1) is 15.7. The van der Waals surface area contributed by atoms with Crippen LogP contribution in [0.2, 0.25) is 0 Å². The molecular weight excluding hydrogens is 330 g/mol.